The average Bonchev–Trinajstić information content (AvgIpc) is 3.18. The summed E-state index contributed by atoms with van der Waals surface area (Å²) >= 11 is 5.12. The first kappa shape index (κ1) is 38.7. The molecule has 6 atom stereocenters. The Bertz CT molecular complexity index is 1150. The third kappa shape index (κ3) is 13.9. The zero-order chi connectivity index (χ0) is 32.6. The highest BCUT2D eigenvalue weighted by Gasteiger charge is 2.53. The number of aliphatic hydroxyl groups excluding tert-OH is 1. The molecule has 1 aliphatic rings. The van der Waals surface area contributed by atoms with Gasteiger partial charge in [-0.05, 0) is 25.6 Å². The summed E-state index contributed by atoms with van der Waals surface area (Å²) in [6.07, 6.45) is 15.3. The fourth-order valence-corrected chi connectivity index (χ4v) is 6.48. The van der Waals surface area contributed by atoms with Crippen molar-refractivity contribution in [3.05, 3.63) is 27.4 Å². The van der Waals surface area contributed by atoms with E-state index in [0.717, 1.165) is 19.3 Å². The van der Waals surface area contributed by atoms with Gasteiger partial charge in [0, 0.05) is 19.2 Å². The summed E-state index contributed by atoms with van der Waals surface area (Å²) in [5.41, 5.74) is -2.29. The lowest BCUT2D eigenvalue weighted by atomic mass is 9.96. The Kier molecular flexibility index (Phi) is 17.6. The van der Waals surface area contributed by atoms with Gasteiger partial charge in [0.25, 0.3) is 5.56 Å². The summed E-state index contributed by atoms with van der Waals surface area (Å²) in [7, 11) is -4.59. The maximum absolute atomic E-state index is 12.6. The number of hydrogen-bond acceptors (Lipinski definition) is 9. The number of aliphatic hydroxyl groups is 2. The van der Waals surface area contributed by atoms with E-state index in [9.17, 15) is 29.3 Å². The number of amides is 1. The van der Waals surface area contributed by atoms with Gasteiger partial charge in [0.1, 0.15) is 17.8 Å². The quantitative estimate of drug-likeness (QED) is 0.0578. The molecule has 1 aliphatic heterocycles. The van der Waals surface area contributed by atoms with Gasteiger partial charge in [0.15, 0.2) is 11.0 Å². The number of nitrogens with zero attached hydrogens (tertiary/aromatic N) is 1. The summed E-state index contributed by atoms with van der Waals surface area (Å²) in [6, 6.07) is 0.722. The highest BCUT2D eigenvalue weighted by Crippen LogP contribution is 2.46. The molecule has 1 fully saturated rings. The molecule has 0 saturated carbocycles. The van der Waals surface area contributed by atoms with Gasteiger partial charge < -0.3 is 25.2 Å². The largest absolute Gasteiger partial charge is 0.472 e. The molecule has 2 rings (SSSR count). The molecule has 0 radical (unpaired) electrons. The summed E-state index contributed by atoms with van der Waals surface area (Å²) in [4.78, 5) is 35.9. The molecular weight excluding hydrogens is 609 g/mol. The number of aromatic nitrogens is 2. The van der Waals surface area contributed by atoms with Gasteiger partial charge in [-0.25, -0.2) is 4.57 Å². The molecular formula is C30H54N3O9PS. The maximum atomic E-state index is 12.6. The number of unbranched alkanes of at least 4 members (excludes halogenated alkanes) is 13. The van der Waals surface area contributed by atoms with Crippen LogP contribution in [0.5, 0.6) is 0 Å². The smallest absolute Gasteiger partial charge is 0.387 e. The van der Waals surface area contributed by atoms with Crippen molar-refractivity contribution >= 4 is 25.9 Å². The van der Waals surface area contributed by atoms with Crippen molar-refractivity contribution < 1.29 is 38.3 Å². The second kappa shape index (κ2) is 19.9. The monoisotopic (exact) mass is 663 g/mol. The van der Waals surface area contributed by atoms with E-state index in [-0.39, 0.29) is 17.3 Å². The first-order valence-electron chi connectivity index (χ1n) is 16.1. The van der Waals surface area contributed by atoms with E-state index < -0.39 is 50.1 Å². The number of carbonyl (C=O) groups excluding carboxylic acids is 1. The van der Waals surface area contributed by atoms with Gasteiger partial charge in [-0.15, -0.1) is 0 Å². The van der Waals surface area contributed by atoms with Crippen molar-refractivity contribution in [2.75, 3.05) is 13.2 Å². The molecule has 1 aromatic rings. The lowest BCUT2D eigenvalue weighted by Gasteiger charge is -2.28. The van der Waals surface area contributed by atoms with Gasteiger partial charge in [-0.2, -0.15) is 0 Å². The van der Waals surface area contributed by atoms with Crippen LogP contribution in [-0.2, 0) is 23.1 Å². The predicted molar refractivity (Wildman–Crippen MR) is 171 cm³/mol. The van der Waals surface area contributed by atoms with E-state index >= 15 is 0 Å². The standard InChI is InChI=1S/C30H54N3O9PS/c1-4-5-6-7-8-9-10-11-12-13-14-15-16-17-18-24(31-23(2)34)21-40-43(38,39)41-22-25-27(36)30(3,37)28(42-25)33-20-19-26(35)32-29(33)44/h19-20,24-25,27-28,36-37H,4-18,21-22H2,1-3H3,(H,31,34)(H,38,39)(H,32,35,44)/t24-,25-,27+,28-,30?/m1/s1. The Balaban J connectivity index is 1.69. The second-order valence-corrected chi connectivity index (χ2v) is 13.9. The fraction of sp³-hybridized carbons (Fsp3) is 0.833. The van der Waals surface area contributed by atoms with Crippen molar-refractivity contribution in [2.24, 2.45) is 0 Å². The minimum absolute atomic E-state index is 0.0319. The predicted octanol–water partition coefficient (Wildman–Crippen LogP) is 5.42. The van der Waals surface area contributed by atoms with Crippen LogP contribution in [0.15, 0.2) is 17.1 Å². The number of phosphoric acid groups is 1. The summed E-state index contributed by atoms with van der Waals surface area (Å²) in [6.45, 7) is 4.14. The Hall–Kier alpha value is -1.44. The molecule has 1 amide bonds. The Labute approximate surface area is 266 Å². The molecule has 0 bridgehead atoms. The van der Waals surface area contributed by atoms with Gasteiger partial charge in [-0.3, -0.25) is 28.2 Å². The van der Waals surface area contributed by atoms with E-state index in [2.05, 4.69) is 17.2 Å². The molecule has 12 nitrogen and oxygen atoms in total. The molecule has 2 heterocycles. The van der Waals surface area contributed by atoms with E-state index in [0.29, 0.717) is 6.42 Å². The number of hydrogen-bond donors (Lipinski definition) is 5. The van der Waals surface area contributed by atoms with Gasteiger partial charge in [-0.1, -0.05) is 96.8 Å². The Morgan fingerprint density at radius 2 is 1.64 bits per heavy atom. The van der Waals surface area contributed by atoms with E-state index in [1.54, 1.807) is 0 Å². The number of rotatable bonds is 23. The molecule has 14 heteroatoms. The van der Waals surface area contributed by atoms with Crippen LogP contribution in [0, 0.1) is 4.77 Å². The topological polar surface area (TPSA) is 172 Å². The normalized spacial score (nSPS) is 23.8. The minimum atomic E-state index is -4.59. The molecule has 0 spiro atoms. The van der Waals surface area contributed by atoms with E-state index in [4.69, 9.17) is 26.0 Å². The van der Waals surface area contributed by atoms with Crippen molar-refractivity contribution in [3.8, 4) is 0 Å². The number of phosphoric ester groups is 1. The van der Waals surface area contributed by atoms with Crippen LogP contribution in [0.25, 0.3) is 0 Å². The zero-order valence-electron chi connectivity index (χ0n) is 26.6. The second-order valence-electron chi connectivity index (χ2n) is 12.1. The van der Waals surface area contributed by atoms with Crippen LogP contribution < -0.4 is 10.9 Å². The minimum Gasteiger partial charge on any atom is -0.387 e. The number of aromatic amines is 1. The van der Waals surface area contributed by atoms with Crippen molar-refractivity contribution in [1.82, 2.24) is 14.9 Å². The van der Waals surface area contributed by atoms with Crippen LogP contribution in [0.1, 0.15) is 123 Å². The molecule has 5 N–H and O–H groups in total. The fourth-order valence-electron chi connectivity index (χ4n) is 5.45. The molecule has 0 aromatic carbocycles. The van der Waals surface area contributed by atoms with Crippen molar-refractivity contribution in [3.63, 3.8) is 0 Å². The van der Waals surface area contributed by atoms with Crippen LogP contribution >= 0.6 is 20.0 Å². The zero-order valence-corrected chi connectivity index (χ0v) is 28.3. The van der Waals surface area contributed by atoms with Crippen LogP contribution in [0.2, 0.25) is 0 Å². The maximum Gasteiger partial charge on any atom is 0.472 e. The number of H-pyrrole nitrogens is 1. The SMILES string of the molecule is CCCCCCCCCCCCCCCC[C@H](COP(=O)(O)OC[C@H]1O[C@@H](n2ccc(=O)[nH]c2=S)C(C)(O)[C@H]1O)NC(C)=O. The molecule has 1 saturated heterocycles. The van der Waals surface area contributed by atoms with Crippen LogP contribution in [-0.4, -0.2) is 67.6 Å². The number of ether oxygens (including phenoxy) is 1. The first-order chi connectivity index (χ1) is 20.9. The van der Waals surface area contributed by atoms with Gasteiger partial charge in [0.2, 0.25) is 5.91 Å². The Morgan fingerprint density at radius 1 is 1.09 bits per heavy atom. The molecule has 44 heavy (non-hydrogen) atoms. The van der Waals surface area contributed by atoms with Gasteiger partial charge >= 0.3 is 7.82 Å². The van der Waals surface area contributed by atoms with Crippen LogP contribution in [0.4, 0.5) is 0 Å². The summed E-state index contributed by atoms with van der Waals surface area (Å²) in [5, 5.41) is 24.3. The number of nitrogens with one attached hydrogen (secondary N) is 2. The van der Waals surface area contributed by atoms with E-state index in [1.807, 2.05) is 0 Å². The highest BCUT2D eigenvalue weighted by molar-refractivity contribution is 7.71. The number of carbonyl (C=O) groups is 1. The van der Waals surface area contributed by atoms with Crippen LogP contribution in [0.3, 0.4) is 0 Å². The molecule has 1 aromatic heterocycles. The third-order valence-electron chi connectivity index (χ3n) is 8.01. The first-order valence-corrected chi connectivity index (χ1v) is 18.0. The summed E-state index contributed by atoms with van der Waals surface area (Å²) in [5.74, 6) is -0.269. The van der Waals surface area contributed by atoms with Gasteiger partial charge in [0.05, 0.1) is 19.3 Å². The average molecular weight is 664 g/mol. The lowest BCUT2D eigenvalue weighted by molar-refractivity contribution is -0.120. The van der Waals surface area contributed by atoms with Crippen molar-refractivity contribution in [1.29, 1.82) is 0 Å². The van der Waals surface area contributed by atoms with Crippen molar-refractivity contribution in [2.45, 2.75) is 147 Å². The Morgan fingerprint density at radius 3 is 2.16 bits per heavy atom. The summed E-state index contributed by atoms with van der Waals surface area (Å²) < 4.78 is 29.8. The molecule has 2 unspecified atom stereocenters. The highest BCUT2D eigenvalue weighted by atomic mass is 32.1. The molecule has 254 valence electrons. The lowest BCUT2D eigenvalue weighted by Crippen LogP contribution is -2.44. The van der Waals surface area contributed by atoms with E-state index in [1.165, 1.54) is 101 Å². The molecule has 0 aliphatic carbocycles. The third-order valence-corrected chi connectivity index (χ3v) is 9.28.